The minimum absolute atomic E-state index is 0.425. The standard InChI is InChI=1S/C13H10.C7H5Cl3.C6HClF8/c1-3-7-12-10(5-1)9-11-6-2-4-8-13(11)12;1-4-2-5(8)7(10)6(9)3-4;7-2-1(8)3(9)5(12,13)6(14,15)4(2,10)11/h1-8H,9H2;2-3H,1H3;3H. The monoisotopic (exact) mass is 620 g/mol. The Labute approximate surface area is 232 Å². The molecule has 0 nitrogen and oxygen atoms in total. The molecule has 0 saturated carbocycles. The molecule has 5 rings (SSSR count). The lowest BCUT2D eigenvalue weighted by molar-refractivity contribution is -0.317. The third-order valence-corrected chi connectivity index (χ3v) is 7.29. The van der Waals surface area contributed by atoms with Gasteiger partial charge in [0.2, 0.25) is 6.17 Å². The summed E-state index contributed by atoms with van der Waals surface area (Å²) in [7, 11) is 0. The largest absolute Gasteiger partial charge is 0.380 e. The van der Waals surface area contributed by atoms with Crippen molar-refractivity contribution < 1.29 is 35.1 Å². The van der Waals surface area contributed by atoms with Crippen molar-refractivity contribution in [3.63, 3.8) is 0 Å². The van der Waals surface area contributed by atoms with E-state index in [1.54, 1.807) is 12.1 Å². The average Bonchev–Trinajstić information content (AvgIpc) is 3.24. The molecule has 0 bridgehead atoms. The van der Waals surface area contributed by atoms with Gasteiger partial charge in [-0.15, -0.1) is 0 Å². The molecule has 0 aliphatic heterocycles. The zero-order valence-corrected chi connectivity index (χ0v) is 22.1. The summed E-state index contributed by atoms with van der Waals surface area (Å²) in [5.41, 5.74) is 6.77. The van der Waals surface area contributed by atoms with E-state index in [1.165, 1.54) is 22.3 Å². The van der Waals surface area contributed by atoms with Gasteiger partial charge in [0.25, 0.3) is 0 Å². The molecular formula is C26H16Cl4F8. The Bertz CT molecular complexity index is 1300. The summed E-state index contributed by atoms with van der Waals surface area (Å²) < 4.78 is 99.2. The van der Waals surface area contributed by atoms with Crippen molar-refractivity contribution in [2.75, 3.05) is 0 Å². The Hall–Kier alpha value is -2.00. The second-order valence-electron chi connectivity index (χ2n) is 8.33. The van der Waals surface area contributed by atoms with E-state index in [0.717, 1.165) is 12.0 Å². The van der Waals surface area contributed by atoms with Crippen LogP contribution in [-0.2, 0) is 6.42 Å². The van der Waals surface area contributed by atoms with E-state index in [9.17, 15) is 35.1 Å². The Balaban J connectivity index is 0.000000161. The molecule has 3 aromatic carbocycles. The lowest BCUT2D eigenvalue weighted by atomic mass is 9.93. The van der Waals surface area contributed by atoms with E-state index in [4.69, 9.17) is 34.8 Å². The van der Waals surface area contributed by atoms with Crippen molar-refractivity contribution >= 4 is 46.4 Å². The molecule has 0 saturated heterocycles. The van der Waals surface area contributed by atoms with Gasteiger partial charge in [-0.25, -0.2) is 8.78 Å². The highest BCUT2D eigenvalue weighted by Gasteiger charge is 2.80. The van der Waals surface area contributed by atoms with E-state index in [-0.39, 0.29) is 0 Å². The Kier molecular flexibility index (Phi) is 9.03. The first-order valence-electron chi connectivity index (χ1n) is 10.6. The first kappa shape index (κ1) is 30.5. The topological polar surface area (TPSA) is 0 Å². The van der Waals surface area contributed by atoms with Crippen LogP contribution in [-0.4, -0.2) is 23.9 Å². The molecule has 3 aromatic rings. The van der Waals surface area contributed by atoms with Crippen molar-refractivity contribution in [1.29, 1.82) is 0 Å². The SMILES string of the molecule is Cc1cc(Cl)c(Cl)c(Cl)c1.FC1=C(Cl)C(F)(F)C(F)(F)C(F)(F)C1F.c1ccc2c(c1)Cc1ccccc1-2. The van der Waals surface area contributed by atoms with Gasteiger partial charge >= 0.3 is 17.8 Å². The summed E-state index contributed by atoms with van der Waals surface area (Å²) in [5, 5.41) is -1.10. The van der Waals surface area contributed by atoms with Crippen LogP contribution in [0.15, 0.2) is 71.5 Å². The van der Waals surface area contributed by atoms with Crippen LogP contribution in [0.4, 0.5) is 35.1 Å². The van der Waals surface area contributed by atoms with E-state index in [1.807, 2.05) is 6.92 Å². The van der Waals surface area contributed by atoms with Gasteiger partial charge < -0.3 is 0 Å². The molecule has 0 aromatic heterocycles. The van der Waals surface area contributed by atoms with Crippen LogP contribution < -0.4 is 0 Å². The predicted octanol–water partition coefficient (Wildman–Crippen LogP) is 10.9. The molecule has 1 atom stereocenters. The van der Waals surface area contributed by atoms with Crippen molar-refractivity contribution in [2.24, 2.45) is 0 Å². The Morgan fingerprint density at radius 1 is 0.737 bits per heavy atom. The summed E-state index contributed by atoms with van der Waals surface area (Å²) in [6.07, 6.45) is -3.08. The fourth-order valence-electron chi connectivity index (χ4n) is 3.69. The molecule has 0 amide bonds. The quantitative estimate of drug-likeness (QED) is 0.135. The van der Waals surface area contributed by atoms with Crippen LogP contribution in [0.5, 0.6) is 0 Å². The second kappa shape index (κ2) is 11.2. The van der Waals surface area contributed by atoms with Crippen LogP contribution in [0, 0.1) is 6.92 Å². The predicted molar refractivity (Wildman–Crippen MR) is 135 cm³/mol. The Morgan fingerprint density at radius 2 is 1.16 bits per heavy atom. The highest BCUT2D eigenvalue weighted by Crippen LogP contribution is 2.58. The molecular weight excluding hydrogens is 606 g/mol. The van der Waals surface area contributed by atoms with Crippen molar-refractivity contribution in [2.45, 2.75) is 37.3 Å². The molecule has 0 radical (unpaired) electrons. The fourth-order valence-corrected chi connectivity index (χ4v) is 4.61. The number of alkyl halides is 7. The van der Waals surface area contributed by atoms with E-state index >= 15 is 0 Å². The molecule has 1 unspecified atom stereocenters. The second-order valence-corrected chi connectivity index (χ2v) is 9.90. The minimum Gasteiger partial charge on any atom is -0.233 e. The summed E-state index contributed by atoms with van der Waals surface area (Å²) in [6, 6.07) is 20.9. The van der Waals surface area contributed by atoms with Crippen molar-refractivity contribution in [3.05, 3.63) is 103 Å². The van der Waals surface area contributed by atoms with Gasteiger partial charge in [0.05, 0.1) is 15.1 Å². The zero-order chi connectivity index (χ0) is 28.6. The highest BCUT2D eigenvalue weighted by molar-refractivity contribution is 6.48. The smallest absolute Gasteiger partial charge is 0.233 e. The number of rotatable bonds is 0. The number of allylic oxidation sites excluding steroid dienone is 2. The highest BCUT2D eigenvalue weighted by atomic mass is 35.5. The normalized spacial score (nSPS) is 19.9. The van der Waals surface area contributed by atoms with Gasteiger partial charge in [-0.3, -0.25) is 0 Å². The zero-order valence-electron chi connectivity index (χ0n) is 19.1. The number of halogens is 12. The van der Waals surface area contributed by atoms with Crippen LogP contribution in [0.25, 0.3) is 11.1 Å². The maximum atomic E-state index is 12.5. The number of hydrogen-bond donors (Lipinski definition) is 0. The summed E-state index contributed by atoms with van der Waals surface area (Å²) in [5.74, 6) is -20.3. The van der Waals surface area contributed by atoms with Gasteiger partial charge in [-0.1, -0.05) is 94.9 Å². The molecule has 2 aliphatic carbocycles. The molecule has 204 valence electrons. The fraction of sp³-hybridized carbons (Fsp3) is 0.231. The number of fused-ring (bicyclic) bond motifs is 3. The maximum Gasteiger partial charge on any atom is 0.380 e. The molecule has 0 N–H and O–H groups in total. The molecule has 2 aliphatic rings. The molecule has 12 heteroatoms. The lowest BCUT2D eigenvalue weighted by Gasteiger charge is -2.37. The van der Waals surface area contributed by atoms with Gasteiger partial charge in [0.15, 0.2) is 5.83 Å². The summed E-state index contributed by atoms with van der Waals surface area (Å²) >= 11 is 21.5. The number of hydrogen-bond acceptors (Lipinski definition) is 0. The van der Waals surface area contributed by atoms with Crippen LogP contribution in [0.2, 0.25) is 15.1 Å². The van der Waals surface area contributed by atoms with Gasteiger partial charge in [-0.2, -0.15) is 26.3 Å². The van der Waals surface area contributed by atoms with E-state index < -0.39 is 34.8 Å². The summed E-state index contributed by atoms with van der Waals surface area (Å²) in [4.78, 5) is 0. The first-order valence-corrected chi connectivity index (χ1v) is 12.2. The minimum atomic E-state index is -6.08. The maximum absolute atomic E-state index is 12.5. The van der Waals surface area contributed by atoms with Crippen molar-refractivity contribution in [3.8, 4) is 11.1 Å². The van der Waals surface area contributed by atoms with Gasteiger partial charge in [0.1, 0.15) is 5.03 Å². The third-order valence-electron chi connectivity index (χ3n) is 5.67. The van der Waals surface area contributed by atoms with Gasteiger partial charge in [-0.05, 0) is 53.3 Å². The Morgan fingerprint density at radius 3 is 1.61 bits per heavy atom. The van der Waals surface area contributed by atoms with Crippen LogP contribution in [0.3, 0.4) is 0 Å². The van der Waals surface area contributed by atoms with Crippen LogP contribution >= 0.6 is 46.4 Å². The van der Waals surface area contributed by atoms with Gasteiger partial charge in [0, 0.05) is 0 Å². The third kappa shape index (κ3) is 5.51. The average molecular weight is 622 g/mol. The summed E-state index contributed by atoms with van der Waals surface area (Å²) in [6.45, 7) is 1.91. The van der Waals surface area contributed by atoms with Crippen LogP contribution in [0.1, 0.15) is 16.7 Å². The first-order chi connectivity index (χ1) is 17.5. The van der Waals surface area contributed by atoms with E-state index in [2.05, 4.69) is 60.1 Å². The number of aryl methyl sites for hydroxylation is 1. The molecule has 0 spiro atoms. The molecule has 38 heavy (non-hydrogen) atoms. The van der Waals surface area contributed by atoms with Crippen molar-refractivity contribution in [1.82, 2.24) is 0 Å². The molecule has 0 fully saturated rings. The van der Waals surface area contributed by atoms with E-state index in [0.29, 0.717) is 15.1 Å². The number of benzene rings is 3. The molecule has 0 heterocycles. The lowest BCUT2D eigenvalue weighted by Crippen LogP contribution is -2.62.